The van der Waals surface area contributed by atoms with Crippen LogP contribution >= 0.6 is 0 Å². The number of oxazole rings is 1. The molecule has 2 aliphatic rings. The van der Waals surface area contributed by atoms with Crippen LogP contribution < -0.4 is 5.32 Å². The second kappa shape index (κ2) is 7.98. The van der Waals surface area contributed by atoms with E-state index in [9.17, 15) is 10.1 Å². The zero-order valence-electron chi connectivity index (χ0n) is 15.8. The molecule has 2 aliphatic heterocycles. The number of carbonyl (C=O) groups excluding carboxylic acids is 1. The van der Waals surface area contributed by atoms with Gasteiger partial charge in [0.2, 0.25) is 0 Å². The van der Waals surface area contributed by atoms with E-state index in [0.29, 0.717) is 48.4 Å². The number of aryl methyl sites for hydroxylation is 1. The van der Waals surface area contributed by atoms with Gasteiger partial charge in [-0.05, 0) is 44.2 Å². The molecule has 2 aromatic heterocycles. The predicted molar refractivity (Wildman–Crippen MR) is 101 cm³/mol. The van der Waals surface area contributed by atoms with E-state index in [1.54, 1.807) is 25.3 Å². The van der Waals surface area contributed by atoms with Crippen LogP contribution in [0.5, 0.6) is 0 Å². The number of amides is 1. The number of nitriles is 1. The molecule has 8 heteroatoms. The Kier molecular flexibility index (Phi) is 5.26. The Morgan fingerprint density at radius 1 is 1.32 bits per heavy atom. The Bertz CT molecular complexity index is 882. The van der Waals surface area contributed by atoms with E-state index in [1.807, 2.05) is 4.90 Å². The Hall–Kier alpha value is -2.92. The highest BCUT2D eigenvalue weighted by molar-refractivity contribution is 5.93. The lowest BCUT2D eigenvalue weighted by Crippen LogP contribution is -2.45. The number of carbonyl (C=O) groups is 1. The van der Waals surface area contributed by atoms with Crippen LogP contribution in [0.1, 0.15) is 41.1 Å². The molecule has 0 saturated carbocycles. The fourth-order valence-electron chi connectivity index (χ4n) is 4.11. The number of nitrogens with one attached hydrogen (secondary N) is 1. The van der Waals surface area contributed by atoms with Crippen LogP contribution in [0.3, 0.4) is 0 Å². The van der Waals surface area contributed by atoms with Crippen LogP contribution in [-0.2, 0) is 4.74 Å². The number of rotatable bonds is 4. The third kappa shape index (κ3) is 3.58. The van der Waals surface area contributed by atoms with E-state index in [1.165, 1.54) is 6.39 Å². The van der Waals surface area contributed by atoms with Crippen molar-refractivity contribution in [3.05, 3.63) is 41.7 Å². The van der Waals surface area contributed by atoms with Crippen molar-refractivity contribution in [2.75, 3.05) is 25.0 Å². The van der Waals surface area contributed by atoms with Crippen molar-refractivity contribution in [3.63, 3.8) is 0 Å². The normalized spacial score (nSPS) is 22.8. The summed E-state index contributed by atoms with van der Waals surface area (Å²) in [6.45, 7) is 3.79. The first kappa shape index (κ1) is 18.4. The quantitative estimate of drug-likeness (QED) is 0.867. The predicted octanol–water partition coefficient (Wildman–Crippen LogP) is 2.37. The van der Waals surface area contributed by atoms with E-state index >= 15 is 0 Å². The van der Waals surface area contributed by atoms with Crippen molar-refractivity contribution in [1.82, 2.24) is 14.9 Å². The second-order valence-corrected chi connectivity index (χ2v) is 7.27. The number of likely N-dealkylation sites (tertiary alicyclic amines) is 1. The van der Waals surface area contributed by atoms with Gasteiger partial charge in [0.1, 0.15) is 17.6 Å². The minimum absolute atomic E-state index is 0.0552. The summed E-state index contributed by atoms with van der Waals surface area (Å²) >= 11 is 0. The maximum absolute atomic E-state index is 12.6. The summed E-state index contributed by atoms with van der Waals surface area (Å²) in [6, 6.07) is 5.81. The van der Waals surface area contributed by atoms with E-state index in [0.717, 1.165) is 19.3 Å². The van der Waals surface area contributed by atoms with Crippen molar-refractivity contribution < 1.29 is 13.9 Å². The van der Waals surface area contributed by atoms with Gasteiger partial charge in [-0.15, -0.1) is 0 Å². The Balaban J connectivity index is 1.38. The first-order chi connectivity index (χ1) is 13.7. The number of aromatic nitrogens is 2. The minimum atomic E-state index is -0.0705. The Labute approximate surface area is 163 Å². The van der Waals surface area contributed by atoms with Crippen LogP contribution in [0.2, 0.25) is 0 Å². The largest absolute Gasteiger partial charge is 0.448 e. The number of ether oxygens (including phenoxy) is 1. The fourth-order valence-corrected chi connectivity index (χ4v) is 4.11. The molecule has 1 N–H and O–H groups in total. The van der Waals surface area contributed by atoms with Gasteiger partial charge in [-0.25, -0.2) is 9.97 Å². The number of hydrogen-bond donors (Lipinski definition) is 1. The molecule has 4 heterocycles. The molecule has 2 atom stereocenters. The van der Waals surface area contributed by atoms with Gasteiger partial charge in [0, 0.05) is 25.9 Å². The van der Waals surface area contributed by atoms with Gasteiger partial charge in [0.05, 0.1) is 17.7 Å². The number of anilines is 1. The SMILES string of the molecule is Cc1ocnc1C(=O)N1CCC([C@@H]2OCC[C@H]2Nc2ncccc2C#N)CC1. The van der Waals surface area contributed by atoms with Crippen molar-refractivity contribution in [3.8, 4) is 6.07 Å². The minimum Gasteiger partial charge on any atom is -0.448 e. The van der Waals surface area contributed by atoms with Gasteiger partial charge in [0.25, 0.3) is 5.91 Å². The first-order valence-corrected chi connectivity index (χ1v) is 9.60. The highest BCUT2D eigenvalue weighted by Gasteiger charge is 2.38. The standard InChI is InChI=1S/C20H23N5O3/c1-13-17(23-12-28-13)20(26)25-8-4-14(5-9-25)18-16(6-10-27-18)24-19-15(11-21)3-2-7-22-19/h2-3,7,12,14,16,18H,4-6,8-10H2,1H3,(H,22,24)/t16-,18+/m1/s1. The molecule has 2 fully saturated rings. The van der Waals surface area contributed by atoms with Gasteiger partial charge in [-0.3, -0.25) is 4.79 Å². The molecule has 1 amide bonds. The smallest absolute Gasteiger partial charge is 0.276 e. The molecule has 0 radical (unpaired) electrons. The lowest BCUT2D eigenvalue weighted by molar-refractivity contribution is 0.0258. The highest BCUT2D eigenvalue weighted by atomic mass is 16.5. The summed E-state index contributed by atoms with van der Waals surface area (Å²) in [5, 5.41) is 12.7. The van der Waals surface area contributed by atoms with Gasteiger partial charge in [-0.2, -0.15) is 5.26 Å². The van der Waals surface area contributed by atoms with Gasteiger partial charge >= 0.3 is 0 Å². The number of nitrogens with zero attached hydrogens (tertiary/aromatic N) is 4. The lowest BCUT2D eigenvalue weighted by atomic mass is 9.87. The second-order valence-electron chi connectivity index (χ2n) is 7.27. The van der Waals surface area contributed by atoms with Crippen molar-refractivity contribution in [2.45, 2.75) is 38.3 Å². The maximum atomic E-state index is 12.6. The molecule has 0 spiro atoms. The fraction of sp³-hybridized carbons (Fsp3) is 0.500. The van der Waals surface area contributed by atoms with E-state index in [-0.39, 0.29) is 18.1 Å². The average molecular weight is 381 g/mol. The van der Waals surface area contributed by atoms with Crippen LogP contribution in [0.15, 0.2) is 29.1 Å². The van der Waals surface area contributed by atoms with Crippen LogP contribution in [-0.4, -0.2) is 52.6 Å². The molecule has 2 aromatic rings. The summed E-state index contributed by atoms with van der Waals surface area (Å²) in [6.07, 6.45) is 5.68. The van der Waals surface area contributed by atoms with Gasteiger partial charge in [-0.1, -0.05) is 0 Å². The molecule has 4 rings (SSSR count). The van der Waals surface area contributed by atoms with Gasteiger partial charge in [0.15, 0.2) is 12.1 Å². The third-order valence-corrected chi connectivity index (χ3v) is 5.62. The highest BCUT2D eigenvalue weighted by Crippen LogP contribution is 2.31. The number of pyridine rings is 1. The molecule has 2 saturated heterocycles. The summed E-state index contributed by atoms with van der Waals surface area (Å²) < 4.78 is 11.2. The zero-order chi connectivity index (χ0) is 19.5. The molecule has 0 bridgehead atoms. The third-order valence-electron chi connectivity index (χ3n) is 5.62. The van der Waals surface area contributed by atoms with Crippen molar-refractivity contribution in [1.29, 1.82) is 5.26 Å². The maximum Gasteiger partial charge on any atom is 0.276 e. The molecular formula is C20H23N5O3. The molecule has 0 aromatic carbocycles. The number of piperidine rings is 1. The molecule has 146 valence electrons. The summed E-state index contributed by atoms with van der Waals surface area (Å²) in [7, 11) is 0. The molecular weight excluding hydrogens is 358 g/mol. The van der Waals surface area contributed by atoms with Crippen LogP contribution in [0, 0.1) is 24.2 Å². The Morgan fingerprint density at radius 2 is 2.14 bits per heavy atom. The van der Waals surface area contributed by atoms with Crippen molar-refractivity contribution >= 4 is 11.7 Å². The van der Waals surface area contributed by atoms with Crippen LogP contribution in [0.25, 0.3) is 0 Å². The van der Waals surface area contributed by atoms with E-state index in [4.69, 9.17) is 9.15 Å². The molecule has 0 unspecified atom stereocenters. The van der Waals surface area contributed by atoms with E-state index < -0.39 is 0 Å². The average Bonchev–Trinajstić information content (AvgIpc) is 3.37. The zero-order valence-corrected chi connectivity index (χ0v) is 15.8. The van der Waals surface area contributed by atoms with E-state index in [2.05, 4.69) is 21.4 Å². The monoisotopic (exact) mass is 381 g/mol. The van der Waals surface area contributed by atoms with Crippen molar-refractivity contribution in [2.24, 2.45) is 5.92 Å². The molecule has 0 aliphatic carbocycles. The molecule has 8 nitrogen and oxygen atoms in total. The summed E-state index contributed by atoms with van der Waals surface area (Å²) in [5.41, 5.74) is 0.936. The van der Waals surface area contributed by atoms with Gasteiger partial charge < -0.3 is 19.4 Å². The number of hydrogen-bond acceptors (Lipinski definition) is 7. The Morgan fingerprint density at radius 3 is 2.86 bits per heavy atom. The topological polar surface area (TPSA) is 104 Å². The first-order valence-electron chi connectivity index (χ1n) is 9.60. The summed E-state index contributed by atoms with van der Waals surface area (Å²) in [5.74, 6) is 1.45. The summed E-state index contributed by atoms with van der Waals surface area (Å²) in [4.78, 5) is 22.8. The molecule has 28 heavy (non-hydrogen) atoms. The van der Waals surface area contributed by atoms with Crippen LogP contribution in [0.4, 0.5) is 5.82 Å². The lowest BCUT2D eigenvalue weighted by Gasteiger charge is -2.36.